The zero-order chi connectivity index (χ0) is 13.0. The van der Waals surface area contributed by atoms with Gasteiger partial charge in [0.15, 0.2) is 0 Å². The molecule has 2 aromatic rings. The molecule has 0 heterocycles. The van der Waals surface area contributed by atoms with Crippen molar-refractivity contribution in [1.82, 2.24) is 0 Å². The minimum absolute atomic E-state index is 0.317. The van der Waals surface area contributed by atoms with Crippen LogP contribution >= 0.6 is 0 Å². The fraction of sp³-hybridized carbons (Fsp3) is 0.294. The summed E-state index contributed by atoms with van der Waals surface area (Å²) in [5.74, 6) is 0. The highest BCUT2D eigenvalue weighted by Crippen LogP contribution is 2.05. The quantitative estimate of drug-likeness (QED) is 0.734. The lowest BCUT2D eigenvalue weighted by Crippen LogP contribution is -2.27. The molecule has 0 radical (unpaired) electrons. The third-order valence-electron chi connectivity index (χ3n) is 3.42. The van der Waals surface area contributed by atoms with E-state index < -0.39 is 0 Å². The molecule has 0 atom stereocenters. The van der Waals surface area contributed by atoms with Crippen molar-refractivity contribution in [2.45, 2.75) is 33.6 Å². The maximum absolute atomic E-state index is 2.41. The Morgan fingerprint density at radius 3 is 2.06 bits per heavy atom. The van der Waals surface area contributed by atoms with Crippen LogP contribution in [0.4, 0.5) is 0 Å². The van der Waals surface area contributed by atoms with Crippen molar-refractivity contribution < 1.29 is 0 Å². The second-order valence-electron chi connectivity index (χ2n) is 5.03. The van der Waals surface area contributed by atoms with Crippen molar-refractivity contribution in [1.29, 1.82) is 0 Å². The third-order valence-corrected chi connectivity index (χ3v) is 5.08. The van der Waals surface area contributed by atoms with E-state index in [0.29, 0.717) is 0 Å². The fourth-order valence-corrected chi connectivity index (χ4v) is 4.29. The smallest absolute Gasteiger partial charge is 0.0633 e. The standard InChI is InChI=1S/C17H22Si/c1-4-14-10-15(5-2)12-17(11-14)18-16-8-6-7-13(3)9-16/h6-12H,4-5,18H2,1-3H3. The molecule has 0 bridgehead atoms. The molecule has 0 amide bonds. The topological polar surface area (TPSA) is 0 Å². The monoisotopic (exact) mass is 254 g/mol. The van der Waals surface area contributed by atoms with E-state index in [0.717, 1.165) is 12.8 Å². The molecule has 1 heteroatoms. The highest BCUT2D eigenvalue weighted by molar-refractivity contribution is 6.67. The van der Waals surface area contributed by atoms with Crippen LogP contribution in [-0.4, -0.2) is 9.52 Å². The van der Waals surface area contributed by atoms with Gasteiger partial charge in [0.25, 0.3) is 0 Å². The molecule has 0 aliphatic heterocycles. The number of rotatable bonds is 4. The summed E-state index contributed by atoms with van der Waals surface area (Å²) in [6, 6.07) is 16.2. The predicted octanol–water partition coefficient (Wildman–Crippen LogP) is 2.24. The summed E-state index contributed by atoms with van der Waals surface area (Å²) in [5, 5.41) is 3.13. The summed E-state index contributed by atoms with van der Waals surface area (Å²) in [5.41, 5.74) is 4.36. The Morgan fingerprint density at radius 2 is 1.50 bits per heavy atom. The van der Waals surface area contributed by atoms with Gasteiger partial charge in [0, 0.05) is 0 Å². The average molecular weight is 254 g/mol. The summed E-state index contributed by atoms with van der Waals surface area (Å²) in [6.07, 6.45) is 2.28. The molecule has 18 heavy (non-hydrogen) atoms. The van der Waals surface area contributed by atoms with Crippen LogP contribution in [0.1, 0.15) is 30.5 Å². The van der Waals surface area contributed by atoms with Crippen molar-refractivity contribution in [2.24, 2.45) is 0 Å². The van der Waals surface area contributed by atoms with E-state index in [-0.39, 0.29) is 9.52 Å². The molecule has 0 aliphatic carbocycles. The van der Waals surface area contributed by atoms with Gasteiger partial charge in [-0.15, -0.1) is 0 Å². The minimum Gasteiger partial charge on any atom is -0.0633 e. The zero-order valence-electron chi connectivity index (χ0n) is 11.7. The normalized spacial score (nSPS) is 11.3. The van der Waals surface area contributed by atoms with Gasteiger partial charge < -0.3 is 0 Å². The number of hydrogen-bond donors (Lipinski definition) is 0. The predicted molar refractivity (Wildman–Crippen MR) is 84.2 cm³/mol. The Balaban J connectivity index is 2.28. The first-order valence-electron chi connectivity index (χ1n) is 6.88. The van der Waals surface area contributed by atoms with Crippen LogP contribution in [0.15, 0.2) is 42.5 Å². The molecule has 2 aromatic carbocycles. The summed E-state index contributed by atoms with van der Waals surface area (Å²) in [7, 11) is -0.317. The number of aryl methyl sites for hydroxylation is 3. The zero-order valence-corrected chi connectivity index (χ0v) is 13.1. The summed E-state index contributed by atoms with van der Waals surface area (Å²) in [4.78, 5) is 0. The van der Waals surface area contributed by atoms with Gasteiger partial charge in [-0.2, -0.15) is 0 Å². The fourth-order valence-electron chi connectivity index (χ4n) is 2.41. The molecule has 2 rings (SSSR count). The molecule has 0 spiro atoms. The molecule has 0 aromatic heterocycles. The van der Waals surface area contributed by atoms with Gasteiger partial charge >= 0.3 is 0 Å². The summed E-state index contributed by atoms with van der Waals surface area (Å²) >= 11 is 0. The van der Waals surface area contributed by atoms with Crippen LogP contribution in [-0.2, 0) is 12.8 Å². The number of benzene rings is 2. The molecule has 94 valence electrons. The van der Waals surface area contributed by atoms with E-state index in [1.54, 1.807) is 10.4 Å². The highest BCUT2D eigenvalue weighted by atomic mass is 28.2. The van der Waals surface area contributed by atoms with Crippen molar-refractivity contribution in [3.8, 4) is 0 Å². The molecule has 0 saturated carbocycles. The van der Waals surface area contributed by atoms with E-state index in [4.69, 9.17) is 0 Å². The van der Waals surface area contributed by atoms with Crippen LogP contribution in [0.25, 0.3) is 0 Å². The molecule has 0 N–H and O–H groups in total. The van der Waals surface area contributed by atoms with Crippen molar-refractivity contribution >= 4 is 19.9 Å². The van der Waals surface area contributed by atoms with Crippen molar-refractivity contribution in [2.75, 3.05) is 0 Å². The molecular weight excluding hydrogens is 232 g/mol. The van der Waals surface area contributed by atoms with E-state index in [1.807, 2.05) is 0 Å². The second-order valence-corrected chi connectivity index (χ2v) is 7.02. The van der Waals surface area contributed by atoms with Crippen LogP contribution in [0.3, 0.4) is 0 Å². The first kappa shape index (κ1) is 13.1. The SMILES string of the molecule is CCc1cc(CC)cc([SiH2]c2cccc(C)c2)c1. The van der Waals surface area contributed by atoms with E-state index >= 15 is 0 Å². The Morgan fingerprint density at radius 1 is 0.833 bits per heavy atom. The minimum atomic E-state index is -0.317. The lowest BCUT2D eigenvalue weighted by Gasteiger charge is -2.08. The largest absolute Gasteiger partial charge is 0.0875 e. The Kier molecular flexibility index (Phi) is 4.37. The van der Waals surface area contributed by atoms with E-state index in [1.165, 1.54) is 16.7 Å². The molecule has 0 saturated heterocycles. The van der Waals surface area contributed by atoms with Crippen LogP contribution in [0, 0.1) is 6.92 Å². The first-order valence-corrected chi connectivity index (χ1v) is 8.30. The van der Waals surface area contributed by atoms with Gasteiger partial charge in [0.1, 0.15) is 0 Å². The highest BCUT2D eigenvalue weighted by Gasteiger charge is 2.02. The lowest BCUT2D eigenvalue weighted by atomic mass is 10.1. The molecule has 0 fully saturated rings. The molecular formula is C17H22Si. The Labute approximate surface area is 113 Å². The Bertz CT molecular complexity index is 507. The van der Waals surface area contributed by atoms with E-state index in [9.17, 15) is 0 Å². The average Bonchev–Trinajstić information content (AvgIpc) is 2.38. The van der Waals surface area contributed by atoms with Gasteiger partial charge in [-0.05, 0) is 30.9 Å². The van der Waals surface area contributed by atoms with Gasteiger partial charge in [0.05, 0.1) is 9.52 Å². The van der Waals surface area contributed by atoms with Gasteiger partial charge in [-0.1, -0.05) is 72.2 Å². The maximum Gasteiger partial charge on any atom is 0.0875 e. The van der Waals surface area contributed by atoms with Gasteiger partial charge in [-0.3, -0.25) is 0 Å². The van der Waals surface area contributed by atoms with Crippen LogP contribution in [0.5, 0.6) is 0 Å². The number of hydrogen-bond acceptors (Lipinski definition) is 0. The molecule has 0 aliphatic rings. The molecule has 0 unspecified atom stereocenters. The van der Waals surface area contributed by atoms with Crippen LogP contribution in [0.2, 0.25) is 0 Å². The Hall–Kier alpha value is -1.34. The summed E-state index contributed by atoms with van der Waals surface area (Å²) in [6.45, 7) is 6.66. The molecule has 0 nitrogen and oxygen atoms in total. The van der Waals surface area contributed by atoms with Crippen molar-refractivity contribution in [3.63, 3.8) is 0 Å². The lowest BCUT2D eigenvalue weighted by molar-refractivity contribution is 1.09. The van der Waals surface area contributed by atoms with Gasteiger partial charge in [-0.25, -0.2) is 0 Å². The van der Waals surface area contributed by atoms with Crippen LogP contribution < -0.4 is 10.4 Å². The summed E-state index contributed by atoms with van der Waals surface area (Å²) < 4.78 is 0. The second kappa shape index (κ2) is 6.01. The maximum atomic E-state index is 2.41. The van der Waals surface area contributed by atoms with E-state index in [2.05, 4.69) is 63.2 Å². The first-order chi connectivity index (χ1) is 8.71. The third kappa shape index (κ3) is 3.33. The van der Waals surface area contributed by atoms with Crippen molar-refractivity contribution in [3.05, 3.63) is 59.2 Å². The van der Waals surface area contributed by atoms with Gasteiger partial charge in [0.2, 0.25) is 0 Å².